The van der Waals surface area contributed by atoms with Crippen molar-refractivity contribution >= 4 is 17.5 Å². The SMILES string of the molecule is N/C(=N\O)c1ncc(Nc2ncc(-c3ccc(C(F)(F)F)cn3)o2)cc1O. The van der Waals surface area contributed by atoms with Crippen LogP contribution in [0.25, 0.3) is 11.5 Å². The van der Waals surface area contributed by atoms with Gasteiger partial charge >= 0.3 is 6.18 Å². The van der Waals surface area contributed by atoms with E-state index in [1.807, 2.05) is 0 Å². The van der Waals surface area contributed by atoms with Crippen LogP contribution in [0.1, 0.15) is 11.3 Å². The number of oxazole rings is 1. The highest BCUT2D eigenvalue weighted by Crippen LogP contribution is 2.30. The molecule has 0 bridgehead atoms. The maximum Gasteiger partial charge on any atom is 0.417 e. The van der Waals surface area contributed by atoms with Crippen molar-refractivity contribution in [3.05, 3.63) is 48.0 Å². The van der Waals surface area contributed by atoms with E-state index in [1.165, 1.54) is 18.5 Å². The summed E-state index contributed by atoms with van der Waals surface area (Å²) in [6, 6.07) is 3.27. The van der Waals surface area contributed by atoms with Crippen molar-refractivity contribution in [2.45, 2.75) is 6.18 Å². The zero-order valence-electron chi connectivity index (χ0n) is 13.3. The van der Waals surface area contributed by atoms with Crippen LogP contribution in [0.15, 0.2) is 46.4 Å². The van der Waals surface area contributed by atoms with Gasteiger partial charge in [-0.05, 0) is 12.1 Å². The van der Waals surface area contributed by atoms with Gasteiger partial charge in [-0.3, -0.25) is 4.98 Å². The molecule has 0 spiro atoms. The first kappa shape index (κ1) is 18.0. The molecule has 5 N–H and O–H groups in total. The predicted octanol–water partition coefficient (Wildman–Crippen LogP) is 2.69. The number of alkyl halides is 3. The molecule has 0 fully saturated rings. The Bertz CT molecular complexity index is 985. The second-order valence-electron chi connectivity index (χ2n) is 5.16. The minimum atomic E-state index is -4.48. The van der Waals surface area contributed by atoms with Crippen LogP contribution >= 0.6 is 0 Å². The van der Waals surface area contributed by atoms with Gasteiger partial charge in [0.25, 0.3) is 6.01 Å². The number of rotatable bonds is 4. The summed E-state index contributed by atoms with van der Waals surface area (Å²) in [5.41, 5.74) is 4.79. The molecule has 140 valence electrons. The molecule has 0 unspecified atom stereocenters. The molecule has 9 nitrogen and oxygen atoms in total. The molecule has 0 saturated carbocycles. The molecular weight excluding hydrogens is 369 g/mol. The first-order valence-electron chi connectivity index (χ1n) is 7.21. The fourth-order valence-corrected chi connectivity index (χ4v) is 2.05. The average Bonchev–Trinajstić information content (AvgIpc) is 3.09. The average molecular weight is 380 g/mol. The van der Waals surface area contributed by atoms with E-state index in [1.54, 1.807) is 0 Å². The fraction of sp³-hybridized carbons (Fsp3) is 0.0667. The molecule has 0 aliphatic rings. The van der Waals surface area contributed by atoms with Gasteiger partial charge in [-0.15, -0.1) is 0 Å². The number of hydrogen-bond acceptors (Lipinski definition) is 8. The molecule has 0 aromatic carbocycles. The largest absolute Gasteiger partial charge is 0.505 e. The molecule has 0 aliphatic heterocycles. The third-order valence-corrected chi connectivity index (χ3v) is 3.32. The number of anilines is 2. The zero-order chi connectivity index (χ0) is 19.6. The van der Waals surface area contributed by atoms with E-state index in [-0.39, 0.29) is 40.4 Å². The summed E-state index contributed by atoms with van der Waals surface area (Å²) in [5, 5.41) is 23.8. The number of pyridine rings is 2. The predicted molar refractivity (Wildman–Crippen MR) is 86.4 cm³/mol. The molecule has 3 heterocycles. The lowest BCUT2D eigenvalue weighted by molar-refractivity contribution is -0.137. The zero-order valence-corrected chi connectivity index (χ0v) is 13.3. The second-order valence-corrected chi connectivity index (χ2v) is 5.16. The molecule has 0 atom stereocenters. The molecule has 0 radical (unpaired) electrons. The smallest absolute Gasteiger partial charge is 0.417 e. The van der Waals surface area contributed by atoms with Crippen LogP contribution in [0, 0.1) is 0 Å². The topological polar surface area (TPSA) is 143 Å². The molecule has 3 aromatic rings. The normalized spacial score (nSPS) is 12.2. The Morgan fingerprint density at radius 1 is 1.15 bits per heavy atom. The Kier molecular flexibility index (Phi) is 4.54. The Balaban J connectivity index is 1.77. The van der Waals surface area contributed by atoms with Gasteiger partial charge in [-0.25, -0.2) is 9.97 Å². The van der Waals surface area contributed by atoms with Gasteiger partial charge in [-0.1, -0.05) is 5.16 Å². The molecular formula is C15H11F3N6O3. The van der Waals surface area contributed by atoms with Crippen LogP contribution in [-0.4, -0.2) is 31.1 Å². The van der Waals surface area contributed by atoms with Crippen LogP contribution in [0.4, 0.5) is 24.9 Å². The first-order valence-corrected chi connectivity index (χ1v) is 7.21. The Labute approximate surface area is 149 Å². The summed E-state index contributed by atoms with van der Waals surface area (Å²) in [5.74, 6) is -0.589. The number of nitrogens with zero attached hydrogens (tertiary/aromatic N) is 4. The lowest BCUT2D eigenvalue weighted by Gasteiger charge is -2.06. The summed E-state index contributed by atoms with van der Waals surface area (Å²) in [4.78, 5) is 11.5. The lowest BCUT2D eigenvalue weighted by Crippen LogP contribution is -2.15. The lowest BCUT2D eigenvalue weighted by atomic mass is 10.2. The van der Waals surface area contributed by atoms with E-state index in [0.717, 1.165) is 12.1 Å². The molecule has 0 aliphatic carbocycles. The number of amidine groups is 1. The number of nitrogens with two attached hydrogens (primary N) is 1. The van der Waals surface area contributed by atoms with Gasteiger partial charge in [-0.2, -0.15) is 13.2 Å². The second kappa shape index (κ2) is 6.82. The Morgan fingerprint density at radius 3 is 2.52 bits per heavy atom. The summed E-state index contributed by atoms with van der Waals surface area (Å²) in [6.45, 7) is 0. The van der Waals surface area contributed by atoms with Crippen LogP contribution in [0.5, 0.6) is 5.75 Å². The Hall–Kier alpha value is -3.83. The highest BCUT2D eigenvalue weighted by Gasteiger charge is 2.30. The maximum absolute atomic E-state index is 12.6. The van der Waals surface area contributed by atoms with Gasteiger partial charge in [0.15, 0.2) is 17.3 Å². The number of aromatic nitrogens is 3. The van der Waals surface area contributed by atoms with Crippen LogP contribution in [0.2, 0.25) is 0 Å². The van der Waals surface area contributed by atoms with Crippen molar-refractivity contribution in [1.29, 1.82) is 0 Å². The Morgan fingerprint density at radius 2 is 1.93 bits per heavy atom. The minimum absolute atomic E-state index is 0.00977. The van der Waals surface area contributed by atoms with E-state index < -0.39 is 11.7 Å². The standard InChI is InChI=1S/C15H11F3N6O3/c16-15(17,18)7-1-2-9(20-4-7)11-6-22-14(27-11)23-8-3-10(25)12(21-5-8)13(19)24-26/h1-6,25-26H,(H2,19,24)(H,22,23). The molecule has 0 saturated heterocycles. The molecule has 3 aromatic heterocycles. The van der Waals surface area contributed by atoms with Gasteiger partial charge in [0.05, 0.1) is 23.6 Å². The van der Waals surface area contributed by atoms with Crippen molar-refractivity contribution in [3.63, 3.8) is 0 Å². The van der Waals surface area contributed by atoms with Gasteiger partial charge < -0.3 is 25.8 Å². The third kappa shape index (κ3) is 3.89. The highest BCUT2D eigenvalue weighted by atomic mass is 19.4. The maximum atomic E-state index is 12.6. The fourth-order valence-electron chi connectivity index (χ4n) is 2.05. The van der Waals surface area contributed by atoms with Crippen molar-refractivity contribution in [2.24, 2.45) is 10.9 Å². The number of hydrogen-bond donors (Lipinski definition) is 4. The summed E-state index contributed by atoms with van der Waals surface area (Å²) in [6.07, 6.45) is -1.24. The monoisotopic (exact) mass is 380 g/mol. The van der Waals surface area contributed by atoms with E-state index in [2.05, 4.69) is 25.4 Å². The van der Waals surface area contributed by atoms with Crippen LogP contribution in [-0.2, 0) is 6.18 Å². The number of aromatic hydroxyl groups is 1. The number of halogens is 3. The van der Waals surface area contributed by atoms with Gasteiger partial charge in [0.1, 0.15) is 11.4 Å². The van der Waals surface area contributed by atoms with Crippen molar-refractivity contribution in [1.82, 2.24) is 15.0 Å². The van der Waals surface area contributed by atoms with Gasteiger partial charge in [0.2, 0.25) is 0 Å². The number of oxime groups is 1. The van der Waals surface area contributed by atoms with E-state index in [0.29, 0.717) is 6.20 Å². The molecule has 12 heteroatoms. The summed E-state index contributed by atoms with van der Waals surface area (Å²) >= 11 is 0. The third-order valence-electron chi connectivity index (χ3n) is 3.32. The molecule has 27 heavy (non-hydrogen) atoms. The summed E-state index contributed by atoms with van der Waals surface area (Å²) < 4.78 is 43.1. The van der Waals surface area contributed by atoms with Crippen molar-refractivity contribution < 1.29 is 27.9 Å². The van der Waals surface area contributed by atoms with E-state index in [9.17, 15) is 18.3 Å². The first-order chi connectivity index (χ1) is 12.8. The van der Waals surface area contributed by atoms with Crippen LogP contribution in [0.3, 0.4) is 0 Å². The van der Waals surface area contributed by atoms with E-state index >= 15 is 0 Å². The molecule has 3 rings (SSSR count). The number of nitrogens with one attached hydrogen (secondary N) is 1. The van der Waals surface area contributed by atoms with E-state index in [4.69, 9.17) is 15.4 Å². The summed E-state index contributed by atoms with van der Waals surface area (Å²) in [7, 11) is 0. The quantitative estimate of drug-likeness (QED) is 0.234. The van der Waals surface area contributed by atoms with Gasteiger partial charge in [0, 0.05) is 12.3 Å². The van der Waals surface area contributed by atoms with Crippen molar-refractivity contribution in [3.8, 4) is 17.2 Å². The van der Waals surface area contributed by atoms with Crippen LogP contribution < -0.4 is 11.1 Å². The molecule has 0 amide bonds. The minimum Gasteiger partial charge on any atom is -0.505 e. The van der Waals surface area contributed by atoms with Crippen molar-refractivity contribution in [2.75, 3.05) is 5.32 Å². The highest BCUT2D eigenvalue weighted by molar-refractivity contribution is 5.97.